The van der Waals surface area contributed by atoms with Crippen LogP contribution in [0.4, 0.5) is 5.69 Å². The van der Waals surface area contributed by atoms with E-state index in [1.54, 1.807) is 12.4 Å². The average molecular weight is 267 g/mol. The monoisotopic (exact) mass is 267 g/mol. The Kier molecular flexibility index (Phi) is 3.33. The molecular formula is C15H17N5. The predicted molar refractivity (Wildman–Crippen MR) is 80.7 cm³/mol. The normalized spacial score (nSPS) is 10.9. The van der Waals surface area contributed by atoms with Gasteiger partial charge in [0.15, 0.2) is 0 Å². The maximum absolute atomic E-state index is 4.61. The minimum Gasteiger partial charge on any atom is -0.371 e. The van der Waals surface area contributed by atoms with Crippen LogP contribution in [0.1, 0.15) is 13.8 Å². The number of hydrogen-bond donors (Lipinski definition) is 1. The first-order valence-corrected chi connectivity index (χ1v) is 6.84. The lowest BCUT2D eigenvalue weighted by Gasteiger charge is -2.23. The number of aromatic amines is 1. The summed E-state index contributed by atoms with van der Waals surface area (Å²) >= 11 is 0. The van der Waals surface area contributed by atoms with Crippen molar-refractivity contribution in [3.8, 4) is 11.4 Å². The van der Waals surface area contributed by atoms with Crippen molar-refractivity contribution in [2.45, 2.75) is 13.8 Å². The Morgan fingerprint density at radius 2 is 1.80 bits per heavy atom. The second kappa shape index (κ2) is 5.28. The van der Waals surface area contributed by atoms with Crippen LogP contribution in [-0.4, -0.2) is 33.3 Å². The molecule has 0 bridgehead atoms. The maximum atomic E-state index is 4.61. The summed E-state index contributed by atoms with van der Waals surface area (Å²) < 4.78 is 0. The second-order valence-electron chi connectivity index (χ2n) is 4.56. The molecule has 0 aliphatic heterocycles. The minimum absolute atomic E-state index is 0.837. The van der Waals surface area contributed by atoms with Gasteiger partial charge in [-0.3, -0.25) is 0 Å². The molecule has 0 unspecified atom stereocenters. The Morgan fingerprint density at radius 1 is 1.05 bits per heavy atom. The van der Waals surface area contributed by atoms with E-state index in [4.69, 9.17) is 0 Å². The fourth-order valence-corrected chi connectivity index (χ4v) is 2.42. The van der Waals surface area contributed by atoms with Gasteiger partial charge in [-0.15, -0.1) is 0 Å². The van der Waals surface area contributed by atoms with E-state index in [1.807, 2.05) is 6.07 Å². The van der Waals surface area contributed by atoms with Crippen molar-refractivity contribution in [3.63, 3.8) is 0 Å². The lowest BCUT2D eigenvalue weighted by molar-refractivity contribution is 0.866. The van der Waals surface area contributed by atoms with Gasteiger partial charge >= 0.3 is 0 Å². The van der Waals surface area contributed by atoms with Gasteiger partial charge in [-0.2, -0.15) is 10.2 Å². The van der Waals surface area contributed by atoms with Crippen molar-refractivity contribution in [2.75, 3.05) is 18.0 Å². The van der Waals surface area contributed by atoms with Gasteiger partial charge in [0.2, 0.25) is 0 Å². The first-order chi connectivity index (χ1) is 9.83. The molecule has 2 heterocycles. The first kappa shape index (κ1) is 12.6. The van der Waals surface area contributed by atoms with Crippen LogP contribution >= 0.6 is 0 Å². The predicted octanol–water partition coefficient (Wildman–Crippen LogP) is 2.87. The number of nitrogens with zero attached hydrogens (tertiary/aromatic N) is 4. The molecule has 0 radical (unpaired) electrons. The topological polar surface area (TPSA) is 57.7 Å². The number of hydrogen-bond acceptors (Lipinski definition) is 4. The van der Waals surface area contributed by atoms with E-state index in [0.29, 0.717) is 0 Å². The van der Waals surface area contributed by atoms with E-state index in [-0.39, 0.29) is 0 Å². The number of aromatic nitrogens is 4. The molecule has 0 atom stereocenters. The lowest BCUT2D eigenvalue weighted by Crippen LogP contribution is -2.22. The van der Waals surface area contributed by atoms with Crippen LogP contribution in [-0.2, 0) is 0 Å². The molecule has 0 spiro atoms. The molecule has 3 aromatic rings. The van der Waals surface area contributed by atoms with Gasteiger partial charge in [0.1, 0.15) is 11.3 Å². The van der Waals surface area contributed by atoms with E-state index in [1.165, 1.54) is 5.69 Å². The third-order valence-electron chi connectivity index (χ3n) is 3.46. The largest absolute Gasteiger partial charge is 0.371 e. The molecule has 0 fully saturated rings. The Morgan fingerprint density at radius 3 is 2.55 bits per heavy atom. The Labute approximate surface area is 117 Å². The molecule has 0 saturated heterocycles. The van der Waals surface area contributed by atoms with E-state index in [2.05, 4.69) is 57.1 Å². The number of anilines is 1. The van der Waals surface area contributed by atoms with E-state index in [0.717, 1.165) is 35.5 Å². The zero-order chi connectivity index (χ0) is 13.9. The highest BCUT2D eigenvalue weighted by molar-refractivity contribution is 5.82. The van der Waals surface area contributed by atoms with Crippen LogP contribution < -0.4 is 4.90 Å². The van der Waals surface area contributed by atoms with Crippen LogP contribution in [0.25, 0.3) is 22.4 Å². The summed E-state index contributed by atoms with van der Waals surface area (Å²) in [4.78, 5) is 10.2. The summed E-state index contributed by atoms with van der Waals surface area (Å²) in [7, 11) is 0. The zero-order valence-corrected chi connectivity index (χ0v) is 11.7. The Hall–Kier alpha value is -2.43. The summed E-state index contributed by atoms with van der Waals surface area (Å²) in [6.07, 6.45) is 3.38. The van der Waals surface area contributed by atoms with Gasteiger partial charge < -0.3 is 9.88 Å². The molecule has 20 heavy (non-hydrogen) atoms. The van der Waals surface area contributed by atoms with Crippen LogP contribution in [0.5, 0.6) is 0 Å². The molecule has 1 N–H and O–H groups in total. The van der Waals surface area contributed by atoms with Crippen molar-refractivity contribution < 1.29 is 0 Å². The molecule has 1 aromatic carbocycles. The molecular weight excluding hydrogens is 250 g/mol. The lowest BCUT2D eigenvalue weighted by atomic mass is 10.1. The van der Waals surface area contributed by atoms with E-state index >= 15 is 0 Å². The molecule has 0 amide bonds. The van der Waals surface area contributed by atoms with Crippen LogP contribution in [0.15, 0.2) is 36.7 Å². The molecule has 0 saturated carbocycles. The number of imidazole rings is 1. The number of H-pyrrole nitrogens is 1. The number of nitrogens with one attached hydrogen (secondary N) is 1. The number of fused-ring (bicyclic) bond motifs is 1. The highest BCUT2D eigenvalue weighted by Gasteiger charge is 2.12. The third kappa shape index (κ3) is 2.11. The van der Waals surface area contributed by atoms with Crippen LogP contribution in [0.2, 0.25) is 0 Å². The van der Waals surface area contributed by atoms with Crippen molar-refractivity contribution in [3.05, 3.63) is 36.7 Å². The summed E-state index contributed by atoms with van der Waals surface area (Å²) in [6.45, 7) is 6.26. The van der Waals surface area contributed by atoms with Crippen LogP contribution in [0.3, 0.4) is 0 Å². The summed E-state index contributed by atoms with van der Waals surface area (Å²) in [6, 6.07) is 8.31. The highest BCUT2D eigenvalue weighted by Crippen LogP contribution is 2.29. The maximum Gasteiger partial charge on any atom is 0.140 e. The number of rotatable bonds is 4. The van der Waals surface area contributed by atoms with E-state index < -0.39 is 0 Å². The molecule has 3 rings (SSSR count). The fraction of sp³-hybridized carbons (Fsp3) is 0.267. The third-order valence-corrected chi connectivity index (χ3v) is 3.46. The summed E-state index contributed by atoms with van der Waals surface area (Å²) in [5, 5.41) is 7.74. The van der Waals surface area contributed by atoms with Crippen molar-refractivity contribution in [2.24, 2.45) is 0 Å². The molecule has 5 nitrogen and oxygen atoms in total. The van der Waals surface area contributed by atoms with Crippen molar-refractivity contribution >= 4 is 16.7 Å². The summed E-state index contributed by atoms with van der Waals surface area (Å²) in [5.74, 6) is 0.859. The number of benzene rings is 1. The second-order valence-corrected chi connectivity index (χ2v) is 4.56. The first-order valence-electron chi connectivity index (χ1n) is 6.84. The average Bonchev–Trinajstić information content (AvgIpc) is 2.93. The smallest absolute Gasteiger partial charge is 0.140 e. The standard InChI is InChI=1S/C15H17N5/c1-3-20(4-2)14-8-6-5-7-11(14)15-18-12-9-16-17-10-13(12)19-15/h5-10H,3-4H2,1-2H3,(H,18,19). The van der Waals surface area contributed by atoms with Gasteiger partial charge in [0.25, 0.3) is 0 Å². The molecule has 0 aliphatic carbocycles. The molecule has 102 valence electrons. The molecule has 0 aliphatic rings. The van der Waals surface area contributed by atoms with Crippen molar-refractivity contribution in [1.29, 1.82) is 0 Å². The fourth-order valence-electron chi connectivity index (χ4n) is 2.42. The van der Waals surface area contributed by atoms with Gasteiger partial charge in [-0.05, 0) is 26.0 Å². The zero-order valence-electron chi connectivity index (χ0n) is 11.7. The van der Waals surface area contributed by atoms with Gasteiger partial charge in [0.05, 0.1) is 17.9 Å². The van der Waals surface area contributed by atoms with E-state index in [9.17, 15) is 0 Å². The van der Waals surface area contributed by atoms with Gasteiger partial charge in [0, 0.05) is 24.3 Å². The van der Waals surface area contributed by atoms with Crippen LogP contribution in [0, 0.1) is 0 Å². The molecule has 2 aromatic heterocycles. The quantitative estimate of drug-likeness (QED) is 0.789. The SMILES string of the molecule is CCN(CC)c1ccccc1-c1nc2cnncc2[nH]1. The Balaban J connectivity index is 2.13. The minimum atomic E-state index is 0.837. The Bertz CT molecular complexity index is 682. The van der Waals surface area contributed by atoms with Gasteiger partial charge in [-0.1, -0.05) is 12.1 Å². The summed E-state index contributed by atoms with van der Waals surface area (Å²) in [5.41, 5.74) is 4.04. The number of para-hydroxylation sites is 1. The molecule has 5 heteroatoms. The van der Waals surface area contributed by atoms with Crippen molar-refractivity contribution in [1.82, 2.24) is 20.2 Å². The van der Waals surface area contributed by atoms with Gasteiger partial charge in [-0.25, -0.2) is 4.98 Å². The highest BCUT2D eigenvalue weighted by atomic mass is 15.1.